The van der Waals surface area contributed by atoms with Crippen molar-refractivity contribution in [2.75, 3.05) is 11.9 Å². The molecular weight excluding hydrogens is 224 g/mol. The van der Waals surface area contributed by atoms with Gasteiger partial charge in [0.1, 0.15) is 0 Å². The van der Waals surface area contributed by atoms with E-state index in [0.717, 1.165) is 35.6 Å². The van der Waals surface area contributed by atoms with E-state index in [0.29, 0.717) is 6.04 Å². The predicted molar refractivity (Wildman–Crippen MR) is 73.7 cm³/mol. The second-order valence-electron chi connectivity index (χ2n) is 5.19. The van der Waals surface area contributed by atoms with Gasteiger partial charge in [0, 0.05) is 18.4 Å². The number of anilines is 1. The van der Waals surface area contributed by atoms with Crippen LogP contribution < -0.4 is 5.32 Å². The second-order valence-corrected chi connectivity index (χ2v) is 5.19. The van der Waals surface area contributed by atoms with Crippen LogP contribution in [0.4, 0.5) is 5.69 Å². The van der Waals surface area contributed by atoms with Crippen molar-refractivity contribution in [3.05, 3.63) is 18.5 Å². The minimum absolute atomic E-state index is 0.469. The number of fused-ring (bicyclic) bond motifs is 1. The number of nitrogens with zero attached hydrogens (tertiary/aromatic N) is 3. The first-order chi connectivity index (χ1) is 8.81. The molecule has 2 aromatic heterocycles. The highest BCUT2D eigenvalue weighted by atomic mass is 15.3. The third-order valence-electron chi connectivity index (χ3n) is 3.75. The van der Waals surface area contributed by atoms with Crippen LogP contribution in [0.15, 0.2) is 18.5 Å². The first-order valence-corrected chi connectivity index (χ1v) is 6.87. The molecule has 18 heavy (non-hydrogen) atoms. The Morgan fingerprint density at radius 2 is 2.33 bits per heavy atom. The highest BCUT2D eigenvalue weighted by Crippen LogP contribution is 2.40. The number of rotatable bonds is 5. The van der Waals surface area contributed by atoms with Crippen LogP contribution in [0.3, 0.4) is 0 Å². The Hall–Kier alpha value is -1.58. The van der Waals surface area contributed by atoms with Crippen LogP contribution in [0.2, 0.25) is 0 Å². The lowest BCUT2D eigenvalue weighted by Crippen LogP contribution is -2.09. The van der Waals surface area contributed by atoms with Gasteiger partial charge in [-0.3, -0.25) is 0 Å². The Labute approximate surface area is 107 Å². The Balaban J connectivity index is 1.97. The van der Waals surface area contributed by atoms with Crippen molar-refractivity contribution >= 4 is 16.7 Å². The molecule has 1 atom stereocenters. The maximum atomic E-state index is 4.54. The van der Waals surface area contributed by atoms with Gasteiger partial charge in [-0.2, -0.15) is 5.10 Å². The highest BCUT2D eigenvalue weighted by molar-refractivity contribution is 5.88. The number of pyridine rings is 1. The van der Waals surface area contributed by atoms with Crippen LogP contribution >= 0.6 is 0 Å². The number of hydrogen-bond acceptors (Lipinski definition) is 3. The molecule has 0 bridgehead atoms. The SMILES string of the molecule is CCCNc1ccnc2c1cnn2C(C)C1CC1. The maximum absolute atomic E-state index is 4.54. The van der Waals surface area contributed by atoms with Crippen molar-refractivity contribution in [1.29, 1.82) is 0 Å². The van der Waals surface area contributed by atoms with Gasteiger partial charge < -0.3 is 5.32 Å². The van der Waals surface area contributed by atoms with Gasteiger partial charge in [-0.15, -0.1) is 0 Å². The molecule has 1 fully saturated rings. The Morgan fingerprint density at radius 1 is 1.50 bits per heavy atom. The average molecular weight is 244 g/mol. The van der Waals surface area contributed by atoms with Gasteiger partial charge in [0.25, 0.3) is 0 Å². The summed E-state index contributed by atoms with van der Waals surface area (Å²) < 4.78 is 2.09. The molecule has 0 amide bonds. The van der Waals surface area contributed by atoms with Gasteiger partial charge >= 0.3 is 0 Å². The summed E-state index contributed by atoms with van der Waals surface area (Å²) in [4.78, 5) is 4.50. The van der Waals surface area contributed by atoms with Crippen molar-refractivity contribution in [3.8, 4) is 0 Å². The van der Waals surface area contributed by atoms with E-state index in [4.69, 9.17) is 0 Å². The van der Waals surface area contributed by atoms with Crippen molar-refractivity contribution in [2.24, 2.45) is 5.92 Å². The Morgan fingerprint density at radius 3 is 3.06 bits per heavy atom. The van der Waals surface area contributed by atoms with E-state index < -0.39 is 0 Å². The van der Waals surface area contributed by atoms with Gasteiger partial charge in [-0.25, -0.2) is 9.67 Å². The van der Waals surface area contributed by atoms with Crippen LogP contribution in [-0.2, 0) is 0 Å². The van der Waals surface area contributed by atoms with E-state index in [1.807, 2.05) is 18.5 Å². The minimum Gasteiger partial charge on any atom is -0.384 e. The van der Waals surface area contributed by atoms with Crippen LogP contribution in [0.25, 0.3) is 11.0 Å². The fourth-order valence-corrected chi connectivity index (χ4v) is 2.44. The molecule has 2 heterocycles. The third kappa shape index (κ3) is 1.96. The molecule has 0 aromatic carbocycles. The smallest absolute Gasteiger partial charge is 0.160 e. The molecule has 2 aromatic rings. The standard InChI is InChI=1S/C14H20N4/c1-3-7-15-13-6-8-16-14-12(13)9-17-18(14)10(2)11-4-5-11/h6,8-11H,3-5,7H2,1-2H3,(H,15,16). The van der Waals surface area contributed by atoms with Crippen LogP contribution in [0.5, 0.6) is 0 Å². The largest absolute Gasteiger partial charge is 0.384 e. The molecule has 0 spiro atoms. The third-order valence-corrected chi connectivity index (χ3v) is 3.75. The minimum atomic E-state index is 0.469. The highest BCUT2D eigenvalue weighted by Gasteiger charge is 2.30. The molecule has 4 heteroatoms. The summed E-state index contributed by atoms with van der Waals surface area (Å²) in [5.74, 6) is 0.794. The lowest BCUT2D eigenvalue weighted by molar-refractivity contribution is 0.451. The van der Waals surface area contributed by atoms with E-state index >= 15 is 0 Å². The van der Waals surface area contributed by atoms with E-state index in [2.05, 4.69) is 33.9 Å². The van der Waals surface area contributed by atoms with E-state index in [-0.39, 0.29) is 0 Å². The summed E-state index contributed by atoms with van der Waals surface area (Å²) in [5, 5.41) is 9.12. The summed E-state index contributed by atoms with van der Waals surface area (Å²) in [6.45, 7) is 5.41. The molecule has 1 unspecified atom stereocenters. The molecule has 1 aliphatic rings. The first kappa shape index (κ1) is 11.5. The zero-order chi connectivity index (χ0) is 12.5. The second kappa shape index (κ2) is 4.59. The van der Waals surface area contributed by atoms with Gasteiger partial charge in [0.05, 0.1) is 17.6 Å². The molecule has 96 valence electrons. The van der Waals surface area contributed by atoms with Crippen LogP contribution in [0, 0.1) is 5.92 Å². The Bertz CT molecular complexity index is 542. The summed E-state index contributed by atoms with van der Waals surface area (Å²) in [5.41, 5.74) is 2.16. The first-order valence-electron chi connectivity index (χ1n) is 6.87. The monoisotopic (exact) mass is 244 g/mol. The molecule has 1 N–H and O–H groups in total. The van der Waals surface area contributed by atoms with E-state index in [1.54, 1.807) is 0 Å². The van der Waals surface area contributed by atoms with Gasteiger partial charge in [-0.1, -0.05) is 6.92 Å². The van der Waals surface area contributed by atoms with E-state index in [9.17, 15) is 0 Å². The van der Waals surface area contributed by atoms with Crippen molar-refractivity contribution in [1.82, 2.24) is 14.8 Å². The molecule has 1 aliphatic carbocycles. The van der Waals surface area contributed by atoms with Gasteiger partial charge in [-0.05, 0) is 38.2 Å². The van der Waals surface area contributed by atoms with Gasteiger partial charge in [0.15, 0.2) is 5.65 Å². The number of hydrogen-bond donors (Lipinski definition) is 1. The predicted octanol–water partition coefficient (Wildman–Crippen LogP) is 3.22. The van der Waals surface area contributed by atoms with Crippen molar-refractivity contribution in [3.63, 3.8) is 0 Å². The zero-order valence-electron chi connectivity index (χ0n) is 11.1. The molecular formula is C14H20N4. The number of aromatic nitrogens is 3. The summed E-state index contributed by atoms with van der Waals surface area (Å²) in [6, 6.07) is 2.50. The summed E-state index contributed by atoms with van der Waals surface area (Å²) >= 11 is 0. The summed E-state index contributed by atoms with van der Waals surface area (Å²) in [6.07, 6.45) is 7.60. The lowest BCUT2D eigenvalue weighted by Gasteiger charge is -2.12. The summed E-state index contributed by atoms with van der Waals surface area (Å²) in [7, 11) is 0. The van der Waals surface area contributed by atoms with Crippen LogP contribution in [0.1, 0.15) is 39.2 Å². The molecule has 1 saturated carbocycles. The van der Waals surface area contributed by atoms with Gasteiger partial charge in [0.2, 0.25) is 0 Å². The van der Waals surface area contributed by atoms with E-state index in [1.165, 1.54) is 12.8 Å². The van der Waals surface area contributed by atoms with Crippen LogP contribution in [-0.4, -0.2) is 21.3 Å². The number of nitrogens with one attached hydrogen (secondary N) is 1. The molecule has 4 nitrogen and oxygen atoms in total. The lowest BCUT2D eigenvalue weighted by atomic mass is 10.2. The molecule has 0 aliphatic heterocycles. The van der Waals surface area contributed by atoms with Crippen molar-refractivity contribution in [2.45, 2.75) is 39.2 Å². The zero-order valence-corrected chi connectivity index (χ0v) is 11.1. The fourth-order valence-electron chi connectivity index (χ4n) is 2.44. The topological polar surface area (TPSA) is 42.7 Å². The van der Waals surface area contributed by atoms with Crippen molar-refractivity contribution < 1.29 is 0 Å². The molecule has 0 saturated heterocycles. The fraction of sp³-hybridized carbons (Fsp3) is 0.571. The quantitative estimate of drug-likeness (QED) is 0.878. The molecule has 3 rings (SSSR count). The normalized spacial score (nSPS) is 17.0. The average Bonchev–Trinajstić information content (AvgIpc) is 3.15. The maximum Gasteiger partial charge on any atom is 0.160 e. The Kier molecular flexibility index (Phi) is 2.94. The molecule has 0 radical (unpaired) electrons.